The number of alkyl halides is 3. The summed E-state index contributed by atoms with van der Waals surface area (Å²) in [5.74, 6) is 0.721. The van der Waals surface area contributed by atoms with Gasteiger partial charge in [0.25, 0.3) is 0 Å². The monoisotopic (exact) mass is 289 g/mol. The van der Waals surface area contributed by atoms with Gasteiger partial charge in [0.05, 0.1) is 4.99 Å². The van der Waals surface area contributed by atoms with Crippen LogP contribution in [0.25, 0.3) is 0 Å². The molecule has 1 aromatic heterocycles. The van der Waals surface area contributed by atoms with Crippen LogP contribution in [0.4, 0.5) is 19.0 Å². The zero-order valence-electron chi connectivity index (χ0n) is 10.3. The summed E-state index contributed by atoms with van der Waals surface area (Å²) in [5, 5.41) is 5.73. The second-order valence-corrected chi connectivity index (χ2v) is 4.25. The average Bonchev–Trinajstić information content (AvgIpc) is 2.31. The normalized spacial score (nSPS) is 11.6. The molecule has 19 heavy (non-hydrogen) atoms. The minimum Gasteiger partial charge on any atom is -0.375 e. The Morgan fingerprint density at radius 3 is 2.79 bits per heavy atom. The van der Waals surface area contributed by atoms with E-state index in [4.69, 9.17) is 12.2 Å². The molecule has 0 bridgehead atoms. The molecule has 7 heteroatoms. The molecule has 0 fully saturated rings. The van der Waals surface area contributed by atoms with E-state index >= 15 is 0 Å². The van der Waals surface area contributed by atoms with E-state index in [2.05, 4.69) is 15.6 Å². The van der Waals surface area contributed by atoms with Gasteiger partial charge in [-0.2, -0.15) is 13.2 Å². The lowest BCUT2D eigenvalue weighted by molar-refractivity contribution is -0.0797. The molecular weight excluding hydrogens is 275 g/mol. The lowest BCUT2D eigenvalue weighted by Gasteiger charge is -2.07. The maximum atomic E-state index is 11.9. The fourth-order valence-corrected chi connectivity index (χ4v) is 1.41. The zero-order chi connectivity index (χ0) is 14.3. The highest BCUT2D eigenvalue weighted by molar-refractivity contribution is 7.80. The van der Waals surface area contributed by atoms with Crippen molar-refractivity contribution >= 4 is 23.0 Å². The maximum absolute atomic E-state index is 11.9. The average molecular weight is 289 g/mol. The van der Waals surface area contributed by atoms with Gasteiger partial charge in [-0.3, -0.25) is 0 Å². The van der Waals surface area contributed by atoms with Crippen LogP contribution in [0.2, 0.25) is 0 Å². The van der Waals surface area contributed by atoms with Crippen LogP contribution in [0, 0.1) is 6.92 Å². The van der Waals surface area contributed by atoms with Gasteiger partial charge in [0.1, 0.15) is 5.82 Å². The van der Waals surface area contributed by atoms with E-state index in [1.54, 1.807) is 6.20 Å². The van der Waals surface area contributed by atoms with Crippen molar-refractivity contribution in [3.63, 3.8) is 0 Å². The third-order valence-corrected chi connectivity index (χ3v) is 2.35. The van der Waals surface area contributed by atoms with Crippen molar-refractivity contribution < 1.29 is 13.2 Å². The van der Waals surface area contributed by atoms with Crippen LogP contribution in [-0.4, -0.2) is 29.2 Å². The van der Waals surface area contributed by atoms with Crippen LogP contribution in [0.1, 0.15) is 5.56 Å². The molecule has 104 valence electrons. The van der Waals surface area contributed by atoms with Crippen LogP contribution < -0.4 is 10.6 Å². The Hall–Kier alpha value is -1.63. The van der Waals surface area contributed by atoms with Gasteiger partial charge in [-0.15, -0.1) is 0 Å². The highest BCUT2D eigenvalue weighted by atomic mass is 32.1. The summed E-state index contributed by atoms with van der Waals surface area (Å²) in [5.41, 5.74) is 1.08. The molecule has 0 aromatic carbocycles. The van der Waals surface area contributed by atoms with E-state index in [-0.39, 0.29) is 11.1 Å². The van der Waals surface area contributed by atoms with Gasteiger partial charge in [-0.1, -0.05) is 12.2 Å². The van der Waals surface area contributed by atoms with Gasteiger partial charge >= 0.3 is 6.18 Å². The SMILES string of the molecule is Cc1ccnc(NCCNC(=S)/C=C/C(F)(F)F)c1. The molecule has 2 N–H and O–H groups in total. The number of halogens is 3. The second kappa shape index (κ2) is 7.08. The fourth-order valence-electron chi connectivity index (χ4n) is 1.24. The van der Waals surface area contributed by atoms with Crippen molar-refractivity contribution in [1.82, 2.24) is 10.3 Å². The molecule has 0 amide bonds. The molecule has 0 unspecified atom stereocenters. The smallest absolute Gasteiger partial charge is 0.375 e. The Morgan fingerprint density at radius 1 is 1.42 bits per heavy atom. The van der Waals surface area contributed by atoms with Crippen molar-refractivity contribution in [1.29, 1.82) is 0 Å². The standard InChI is InChI=1S/C12H14F3N3S/c1-9-3-5-16-10(8-9)17-6-7-18-11(19)2-4-12(13,14)15/h2-5,8H,6-7H2,1H3,(H,16,17)(H,18,19)/b4-2+. The fraction of sp³-hybridized carbons (Fsp3) is 0.333. The van der Waals surface area contributed by atoms with E-state index < -0.39 is 6.18 Å². The highest BCUT2D eigenvalue weighted by Gasteiger charge is 2.21. The molecule has 1 rings (SSSR count). The first-order chi connectivity index (χ1) is 8.87. The molecule has 0 saturated carbocycles. The number of thiocarbonyl (C=S) groups is 1. The van der Waals surface area contributed by atoms with Gasteiger partial charge in [0, 0.05) is 25.4 Å². The summed E-state index contributed by atoms with van der Waals surface area (Å²) in [6.07, 6.45) is -1.71. The first-order valence-electron chi connectivity index (χ1n) is 5.57. The Bertz CT molecular complexity index is 458. The summed E-state index contributed by atoms with van der Waals surface area (Å²) in [6, 6.07) is 3.75. The summed E-state index contributed by atoms with van der Waals surface area (Å²) >= 11 is 4.73. The maximum Gasteiger partial charge on any atom is 0.409 e. The van der Waals surface area contributed by atoms with Crippen LogP contribution in [0.3, 0.4) is 0 Å². The first-order valence-corrected chi connectivity index (χ1v) is 5.98. The predicted molar refractivity (Wildman–Crippen MR) is 73.3 cm³/mol. The van der Waals surface area contributed by atoms with E-state index in [0.29, 0.717) is 13.1 Å². The summed E-state index contributed by atoms with van der Waals surface area (Å²) < 4.78 is 35.6. The molecule has 1 heterocycles. The molecular formula is C12H14F3N3S. The van der Waals surface area contributed by atoms with Crippen molar-refractivity contribution in [3.8, 4) is 0 Å². The number of nitrogens with zero attached hydrogens (tertiary/aromatic N) is 1. The molecule has 0 radical (unpaired) electrons. The highest BCUT2D eigenvalue weighted by Crippen LogP contribution is 2.15. The zero-order valence-corrected chi connectivity index (χ0v) is 11.1. The molecule has 0 aliphatic rings. The van der Waals surface area contributed by atoms with Gasteiger partial charge < -0.3 is 10.6 Å². The van der Waals surface area contributed by atoms with Crippen LogP contribution in [0.15, 0.2) is 30.5 Å². The topological polar surface area (TPSA) is 37.0 Å². The molecule has 0 aliphatic heterocycles. The lowest BCUT2D eigenvalue weighted by atomic mass is 10.3. The molecule has 1 aromatic rings. The van der Waals surface area contributed by atoms with Crippen molar-refractivity contribution in [2.45, 2.75) is 13.1 Å². The van der Waals surface area contributed by atoms with E-state index in [9.17, 15) is 13.2 Å². The summed E-state index contributed by atoms with van der Waals surface area (Å²) in [6.45, 7) is 2.87. The Labute approximate surface area is 114 Å². The number of hydrogen-bond donors (Lipinski definition) is 2. The van der Waals surface area contributed by atoms with E-state index in [1.807, 2.05) is 19.1 Å². The van der Waals surface area contributed by atoms with E-state index in [1.165, 1.54) is 0 Å². The third kappa shape index (κ3) is 7.40. The Balaban J connectivity index is 2.24. The van der Waals surface area contributed by atoms with Crippen molar-refractivity contribution in [2.24, 2.45) is 0 Å². The van der Waals surface area contributed by atoms with E-state index in [0.717, 1.165) is 17.5 Å². The summed E-state index contributed by atoms with van der Waals surface area (Å²) in [7, 11) is 0. The number of allylic oxidation sites excluding steroid dienone is 1. The van der Waals surface area contributed by atoms with Crippen molar-refractivity contribution in [3.05, 3.63) is 36.0 Å². The number of hydrogen-bond acceptors (Lipinski definition) is 3. The van der Waals surface area contributed by atoms with Gasteiger partial charge in [0.2, 0.25) is 0 Å². The van der Waals surface area contributed by atoms with Gasteiger partial charge in [-0.05, 0) is 30.7 Å². The Morgan fingerprint density at radius 2 is 2.16 bits per heavy atom. The number of nitrogens with one attached hydrogen (secondary N) is 2. The molecule has 0 saturated heterocycles. The number of aryl methyl sites for hydroxylation is 1. The molecule has 0 atom stereocenters. The predicted octanol–water partition coefficient (Wildman–Crippen LogP) is 2.84. The lowest BCUT2D eigenvalue weighted by Crippen LogP contribution is -2.26. The molecule has 0 spiro atoms. The number of aromatic nitrogens is 1. The minimum atomic E-state index is -4.34. The van der Waals surface area contributed by atoms with Gasteiger partial charge in [0.15, 0.2) is 0 Å². The second-order valence-electron chi connectivity index (χ2n) is 3.81. The molecule has 3 nitrogen and oxygen atoms in total. The summed E-state index contributed by atoms with van der Waals surface area (Å²) in [4.78, 5) is 4.14. The third-order valence-electron chi connectivity index (χ3n) is 2.07. The number of anilines is 1. The van der Waals surface area contributed by atoms with Crippen LogP contribution in [-0.2, 0) is 0 Å². The Kier molecular flexibility index (Phi) is 5.75. The van der Waals surface area contributed by atoms with Crippen LogP contribution >= 0.6 is 12.2 Å². The van der Waals surface area contributed by atoms with Crippen LogP contribution in [0.5, 0.6) is 0 Å². The first kappa shape index (κ1) is 15.4. The number of pyridine rings is 1. The largest absolute Gasteiger partial charge is 0.409 e. The molecule has 0 aliphatic carbocycles. The van der Waals surface area contributed by atoms with Gasteiger partial charge in [-0.25, -0.2) is 4.98 Å². The quantitative estimate of drug-likeness (QED) is 0.496. The number of rotatable bonds is 5. The van der Waals surface area contributed by atoms with Crippen molar-refractivity contribution in [2.75, 3.05) is 18.4 Å². The minimum absolute atomic E-state index is 0.0522.